The lowest BCUT2D eigenvalue weighted by atomic mass is 9.90. The quantitative estimate of drug-likeness (QED) is 0.784. The fourth-order valence-electron chi connectivity index (χ4n) is 2.55. The number of carbonyl (C=O) groups excluding carboxylic acids is 1. The van der Waals surface area contributed by atoms with Crippen LogP contribution in [0, 0.1) is 0 Å². The van der Waals surface area contributed by atoms with Crippen molar-refractivity contribution in [3.05, 3.63) is 54.1 Å². The third-order valence-electron chi connectivity index (χ3n) is 3.51. The van der Waals surface area contributed by atoms with E-state index in [-0.39, 0.29) is 17.6 Å². The molecule has 0 bridgehead atoms. The number of hydrogen-bond donors (Lipinski definition) is 3. The third-order valence-corrected chi connectivity index (χ3v) is 3.51. The number of benzene rings is 2. The molecule has 1 atom stereocenters. The standard InChI is InChI=1S/C16H16N2O2/c19-12-5-3-4-11(10-12)18-16(20)14-8-9-17-15-7-2-1-6-13(14)15/h1-7,10,14,17,19H,8-9H2,(H,18,20). The molecule has 2 aromatic rings. The number of phenols is 1. The Morgan fingerprint density at radius 2 is 2.05 bits per heavy atom. The topological polar surface area (TPSA) is 61.4 Å². The van der Waals surface area contributed by atoms with Crippen molar-refractivity contribution in [2.24, 2.45) is 0 Å². The maximum atomic E-state index is 12.4. The predicted octanol–water partition coefficient (Wildman–Crippen LogP) is 2.93. The molecule has 4 heteroatoms. The number of anilines is 2. The smallest absolute Gasteiger partial charge is 0.232 e. The van der Waals surface area contributed by atoms with E-state index in [0.717, 1.165) is 24.2 Å². The fraction of sp³-hybridized carbons (Fsp3) is 0.188. The van der Waals surface area contributed by atoms with Crippen LogP contribution in [-0.4, -0.2) is 17.6 Å². The van der Waals surface area contributed by atoms with Gasteiger partial charge in [0.1, 0.15) is 5.75 Å². The minimum absolute atomic E-state index is 0.0375. The first-order valence-corrected chi connectivity index (χ1v) is 6.67. The van der Waals surface area contributed by atoms with E-state index in [1.165, 1.54) is 0 Å². The normalized spacial score (nSPS) is 16.9. The molecule has 0 aromatic heterocycles. The Labute approximate surface area is 117 Å². The molecule has 0 saturated carbocycles. The van der Waals surface area contributed by atoms with E-state index in [2.05, 4.69) is 10.6 Å². The number of fused-ring (bicyclic) bond motifs is 1. The summed E-state index contributed by atoms with van der Waals surface area (Å²) in [4.78, 5) is 12.4. The Morgan fingerprint density at radius 3 is 2.90 bits per heavy atom. The van der Waals surface area contributed by atoms with Gasteiger partial charge in [0.15, 0.2) is 0 Å². The lowest BCUT2D eigenvalue weighted by Gasteiger charge is -2.25. The molecule has 0 aliphatic carbocycles. The van der Waals surface area contributed by atoms with E-state index in [0.29, 0.717) is 5.69 Å². The van der Waals surface area contributed by atoms with Crippen molar-refractivity contribution < 1.29 is 9.90 Å². The van der Waals surface area contributed by atoms with E-state index in [9.17, 15) is 9.90 Å². The molecular weight excluding hydrogens is 252 g/mol. The predicted molar refractivity (Wildman–Crippen MR) is 79.0 cm³/mol. The summed E-state index contributed by atoms with van der Waals surface area (Å²) >= 11 is 0. The van der Waals surface area contributed by atoms with Crippen molar-refractivity contribution in [2.45, 2.75) is 12.3 Å². The Balaban J connectivity index is 1.82. The van der Waals surface area contributed by atoms with Gasteiger partial charge in [0.25, 0.3) is 0 Å². The van der Waals surface area contributed by atoms with Crippen LogP contribution in [0.2, 0.25) is 0 Å². The molecule has 4 nitrogen and oxygen atoms in total. The number of carbonyl (C=O) groups is 1. The van der Waals surface area contributed by atoms with Gasteiger partial charge in [-0.15, -0.1) is 0 Å². The van der Waals surface area contributed by atoms with Gasteiger partial charge >= 0.3 is 0 Å². The van der Waals surface area contributed by atoms with Crippen LogP contribution in [0.5, 0.6) is 5.75 Å². The van der Waals surface area contributed by atoms with E-state index in [1.54, 1.807) is 24.3 Å². The number of nitrogens with one attached hydrogen (secondary N) is 2. The van der Waals surface area contributed by atoms with Crippen LogP contribution >= 0.6 is 0 Å². The molecule has 0 saturated heterocycles. The van der Waals surface area contributed by atoms with E-state index >= 15 is 0 Å². The number of aromatic hydroxyl groups is 1. The zero-order valence-corrected chi connectivity index (χ0v) is 11.0. The van der Waals surface area contributed by atoms with Crippen molar-refractivity contribution in [3.63, 3.8) is 0 Å². The zero-order chi connectivity index (χ0) is 13.9. The van der Waals surface area contributed by atoms with Crippen LogP contribution in [0.25, 0.3) is 0 Å². The summed E-state index contributed by atoms with van der Waals surface area (Å²) in [6.07, 6.45) is 0.766. The number of phenolic OH excluding ortho intramolecular Hbond substituents is 1. The maximum absolute atomic E-state index is 12.4. The largest absolute Gasteiger partial charge is 0.508 e. The molecule has 0 radical (unpaired) electrons. The van der Waals surface area contributed by atoms with E-state index < -0.39 is 0 Å². The Bertz CT molecular complexity index is 640. The fourth-order valence-corrected chi connectivity index (χ4v) is 2.55. The summed E-state index contributed by atoms with van der Waals surface area (Å²) in [6, 6.07) is 14.5. The van der Waals surface area contributed by atoms with Crippen molar-refractivity contribution in [1.29, 1.82) is 0 Å². The van der Waals surface area contributed by atoms with Crippen molar-refractivity contribution in [2.75, 3.05) is 17.2 Å². The molecule has 0 spiro atoms. The second kappa shape index (κ2) is 5.25. The monoisotopic (exact) mass is 268 g/mol. The molecule has 1 unspecified atom stereocenters. The van der Waals surface area contributed by atoms with Gasteiger partial charge in [-0.05, 0) is 30.2 Å². The average Bonchev–Trinajstić information content (AvgIpc) is 2.46. The number of rotatable bonds is 2. The van der Waals surface area contributed by atoms with Crippen molar-refractivity contribution in [1.82, 2.24) is 0 Å². The van der Waals surface area contributed by atoms with Crippen LogP contribution in [0.15, 0.2) is 48.5 Å². The lowest BCUT2D eigenvalue weighted by molar-refractivity contribution is -0.117. The average molecular weight is 268 g/mol. The molecule has 2 aromatic carbocycles. The van der Waals surface area contributed by atoms with Gasteiger partial charge in [0, 0.05) is 24.0 Å². The van der Waals surface area contributed by atoms with Gasteiger partial charge in [0.05, 0.1) is 5.92 Å². The third kappa shape index (κ3) is 2.45. The van der Waals surface area contributed by atoms with Gasteiger partial charge in [-0.2, -0.15) is 0 Å². The van der Waals surface area contributed by atoms with Crippen LogP contribution in [-0.2, 0) is 4.79 Å². The first-order valence-electron chi connectivity index (χ1n) is 6.67. The van der Waals surface area contributed by atoms with E-state index in [1.807, 2.05) is 24.3 Å². The van der Waals surface area contributed by atoms with Gasteiger partial charge < -0.3 is 15.7 Å². The van der Waals surface area contributed by atoms with Gasteiger partial charge in [0.2, 0.25) is 5.91 Å². The molecule has 1 amide bonds. The Kier molecular flexibility index (Phi) is 3.29. The summed E-state index contributed by atoms with van der Waals surface area (Å²) < 4.78 is 0. The highest BCUT2D eigenvalue weighted by atomic mass is 16.3. The molecule has 3 N–H and O–H groups in total. The minimum Gasteiger partial charge on any atom is -0.508 e. The number of hydrogen-bond acceptors (Lipinski definition) is 3. The Hall–Kier alpha value is -2.49. The van der Waals surface area contributed by atoms with Gasteiger partial charge in [-0.1, -0.05) is 24.3 Å². The number of para-hydroxylation sites is 1. The number of amides is 1. The SMILES string of the molecule is O=C(Nc1cccc(O)c1)C1CCNc2ccccc21. The van der Waals surface area contributed by atoms with Crippen LogP contribution in [0.4, 0.5) is 11.4 Å². The highest BCUT2D eigenvalue weighted by Gasteiger charge is 2.26. The summed E-state index contributed by atoms with van der Waals surface area (Å²) in [5.41, 5.74) is 2.66. The Morgan fingerprint density at radius 1 is 1.20 bits per heavy atom. The minimum atomic E-state index is -0.158. The first-order chi connectivity index (χ1) is 9.74. The van der Waals surface area contributed by atoms with Gasteiger partial charge in [-0.3, -0.25) is 4.79 Å². The lowest BCUT2D eigenvalue weighted by Crippen LogP contribution is -2.27. The van der Waals surface area contributed by atoms with Crippen LogP contribution in [0.1, 0.15) is 17.9 Å². The summed E-state index contributed by atoms with van der Waals surface area (Å²) in [7, 11) is 0. The molecule has 1 aliphatic heterocycles. The highest BCUT2D eigenvalue weighted by molar-refractivity contribution is 5.97. The first kappa shape index (κ1) is 12.5. The van der Waals surface area contributed by atoms with Crippen molar-refractivity contribution >= 4 is 17.3 Å². The molecule has 3 rings (SSSR count). The van der Waals surface area contributed by atoms with E-state index in [4.69, 9.17) is 0 Å². The van der Waals surface area contributed by atoms with Crippen LogP contribution < -0.4 is 10.6 Å². The zero-order valence-electron chi connectivity index (χ0n) is 11.0. The molecule has 102 valence electrons. The second-order valence-corrected chi connectivity index (χ2v) is 4.89. The summed E-state index contributed by atoms with van der Waals surface area (Å²) in [6.45, 7) is 0.787. The second-order valence-electron chi connectivity index (χ2n) is 4.89. The maximum Gasteiger partial charge on any atom is 0.232 e. The summed E-state index contributed by atoms with van der Waals surface area (Å²) in [5.74, 6) is -0.0483. The van der Waals surface area contributed by atoms with Crippen LogP contribution in [0.3, 0.4) is 0 Å². The highest BCUT2D eigenvalue weighted by Crippen LogP contribution is 2.32. The molecule has 1 aliphatic rings. The van der Waals surface area contributed by atoms with Crippen molar-refractivity contribution in [3.8, 4) is 5.75 Å². The molecular formula is C16H16N2O2. The summed E-state index contributed by atoms with van der Waals surface area (Å²) in [5, 5.41) is 15.6. The van der Waals surface area contributed by atoms with Gasteiger partial charge in [-0.25, -0.2) is 0 Å². The molecule has 20 heavy (non-hydrogen) atoms. The molecule has 1 heterocycles. The molecule has 0 fully saturated rings.